The van der Waals surface area contributed by atoms with Gasteiger partial charge < -0.3 is 4.74 Å². The number of aromatic nitrogens is 2. The van der Waals surface area contributed by atoms with Crippen LogP contribution in [0.15, 0.2) is 30.6 Å². The first-order valence-electron chi connectivity index (χ1n) is 5.15. The molecular weight excluding hydrogens is 259 g/mol. The van der Waals surface area contributed by atoms with E-state index in [4.69, 9.17) is 16.3 Å². The molecule has 1 aromatic carbocycles. The molecule has 0 aliphatic heterocycles. The lowest BCUT2D eigenvalue weighted by atomic mass is 10.1. The number of nitrogens with zero attached hydrogens (tertiary/aromatic N) is 2. The first kappa shape index (κ1) is 12.6. The van der Waals surface area contributed by atoms with Crippen molar-refractivity contribution in [3.63, 3.8) is 0 Å². The molecule has 0 fully saturated rings. The number of halogens is 2. The largest absolute Gasteiger partial charge is 0.496 e. The molecule has 4 nitrogen and oxygen atoms in total. The molecular formula is C12H10ClFN2O2. The van der Waals surface area contributed by atoms with Crippen LogP contribution in [-0.4, -0.2) is 22.7 Å². The number of carbonyl (C=O) groups excluding carboxylic acids is 1. The molecule has 0 N–H and O–H groups in total. The Bertz CT molecular complexity index is 583. The van der Waals surface area contributed by atoms with Crippen LogP contribution in [0.3, 0.4) is 0 Å². The molecule has 0 bridgehead atoms. The van der Waals surface area contributed by atoms with Crippen molar-refractivity contribution < 1.29 is 13.9 Å². The van der Waals surface area contributed by atoms with Crippen molar-refractivity contribution in [2.45, 2.75) is 6.54 Å². The number of ketones is 1. The van der Waals surface area contributed by atoms with Gasteiger partial charge in [0.2, 0.25) is 0 Å². The number of rotatable bonds is 4. The smallest absolute Gasteiger partial charge is 0.188 e. The lowest BCUT2D eigenvalue weighted by molar-refractivity contribution is 0.0964. The van der Waals surface area contributed by atoms with Gasteiger partial charge in [-0.25, -0.2) is 4.39 Å². The molecule has 0 saturated carbocycles. The van der Waals surface area contributed by atoms with Gasteiger partial charge in [-0.2, -0.15) is 5.10 Å². The second-order valence-corrected chi connectivity index (χ2v) is 4.06. The molecule has 0 unspecified atom stereocenters. The minimum atomic E-state index is -0.488. The molecule has 2 aromatic rings. The van der Waals surface area contributed by atoms with Gasteiger partial charge in [0.05, 0.1) is 23.9 Å². The van der Waals surface area contributed by atoms with Gasteiger partial charge in [-0.15, -0.1) is 0 Å². The molecule has 1 aromatic heterocycles. The van der Waals surface area contributed by atoms with Crippen LogP contribution >= 0.6 is 11.6 Å². The summed E-state index contributed by atoms with van der Waals surface area (Å²) in [5, 5.41) is 4.33. The summed E-state index contributed by atoms with van der Waals surface area (Å²) in [4.78, 5) is 12.0. The third kappa shape index (κ3) is 2.68. The number of Topliss-reactive ketones (excluding diaryl/α,β-unsaturated/α-hetero) is 1. The third-order valence-electron chi connectivity index (χ3n) is 2.37. The van der Waals surface area contributed by atoms with Crippen molar-refractivity contribution in [2.24, 2.45) is 0 Å². The standard InChI is InChI=1S/C12H10ClFN2O2/c1-18-12-3-2-9(14)4-10(12)11(17)7-16-6-8(13)5-15-16/h2-6H,7H2,1H3. The highest BCUT2D eigenvalue weighted by molar-refractivity contribution is 6.30. The number of hydrogen-bond donors (Lipinski definition) is 0. The molecule has 0 atom stereocenters. The summed E-state index contributed by atoms with van der Waals surface area (Å²) in [5.74, 6) is -0.455. The second kappa shape index (κ2) is 5.18. The predicted octanol–water partition coefficient (Wildman–Crippen LogP) is 2.57. The van der Waals surface area contributed by atoms with Crippen LogP contribution < -0.4 is 4.74 Å². The van der Waals surface area contributed by atoms with Crippen LogP contribution in [-0.2, 0) is 6.54 Å². The van der Waals surface area contributed by atoms with Crippen LogP contribution in [0.5, 0.6) is 5.75 Å². The fraction of sp³-hybridized carbons (Fsp3) is 0.167. The van der Waals surface area contributed by atoms with Crippen LogP contribution in [0.25, 0.3) is 0 Å². The zero-order valence-electron chi connectivity index (χ0n) is 9.56. The Morgan fingerprint density at radius 2 is 2.33 bits per heavy atom. The van der Waals surface area contributed by atoms with Crippen molar-refractivity contribution in [3.8, 4) is 5.75 Å². The van der Waals surface area contributed by atoms with Gasteiger partial charge in [-0.05, 0) is 18.2 Å². The summed E-state index contributed by atoms with van der Waals surface area (Å²) in [6.45, 7) is -0.0213. The molecule has 18 heavy (non-hydrogen) atoms. The summed E-state index contributed by atoms with van der Waals surface area (Å²) >= 11 is 5.69. The molecule has 2 rings (SSSR count). The average Bonchev–Trinajstić information content (AvgIpc) is 2.74. The van der Waals surface area contributed by atoms with E-state index in [0.717, 1.165) is 6.07 Å². The van der Waals surface area contributed by atoms with Crippen molar-refractivity contribution in [1.29, 1.82) is 0 Å². The fourth-order valence-electron chi connectivity index (χ4n) is 1.56. The van der Waals surface area contributed by atoms with Crippen LogP contribution in [0.4, 0.5) is 4.39 Å². The summed E-state index contributed by atoms with van der Waals surface area (Å²) in [6.07, 6.45) is 2.95. The van der Waals surface area contributed by atoms with E-state index < -0.39 is 5.82 Å². The average molecular weight is 269 g/mol. The van der Waals surface area contributed by atoms with Crippen molar-refractivity contribution in [2.75, 3.05) is 7.11 Å². The molecule has 6 heteroatoms. The quantitative estimate of drug-likeness (QED) is 0.801. The number of hydrogen-bond acceptors (Lipinski definition) is 3. The number of benzene rings is 1. The summed E-state index contributed by atoms with van der Waals surface area (Å²) in [7, 11) is 1.43. The lowest BCUT2D eigenvalue weighted by Crippen LogP contribution is -2.12. The summed E-state index contributed by atoms with van der Waals surface area (Å²) in [6, 6.07) is 3.80. The maximum atomic E-state index is 13.1. The highest BCUT2D eigenvalue weighted by Crippen LogP contribution is 2.20. The van der Waals surface area contributed by atoms with Gasteiger partial charge in [-0.1, -0.05) is 11.6 Å². The Labute approximate surface area is 108 Å². The van der Waals surface area contributed by atoms with Gasteiger partial charge >= 0.3 is 0 Å². The number of methoxy groups -OCH3 is 1. The molecule has 0 aliphatic carbocycles. The van der Waals surface area contributed by atoms with Crippen molar-refractivity contribution in [1.82, 2.24) is 9.78 Å². The maximum absolute atomic E-state index is 13.1. The van der Waals surface area contributed by atoms with E-state index >= 15 is 0 Å². The van der Waals surface area contributed by atoms with E-state index in [0.29, 0.717) is 10.8 Å². The first-order valence-corrected chi connectivity index (χ1v) is 5.52. The van der Waals surface area contributed by atoms with E-state index in [2.05, 4.69) is 5.10 Å². The molecule has 0 saturated heterocycles. The third-order valence-corrected chi connectivity index (χ3v) is 2.56. The Morgan fingerprint density at radius 3 is 2.94 bits per heavy atom. The molecule has 0 aliphatic rings. The molecule has 94 valence electrons. The Kier molecular flexibility index (Phi) is 3.62. The Morgan fingerprint density at radius 1 is 1.56 bits per heavy atom. The number of carbonyl (C=O) groups is 1. The molecule has 0 spiro atoms. The van der Waals surface area contributed by atoms with Crippen molar-refractivity contribution in [3.05, 3.63) is 47.0 Å². The molecule has 0 amide bonds. The second-order valence-electron chi connectivity index (χ2n) is 3.62. The van der Waals surface area contributed by atoms with Crippen LogP contribution in [0, 0.1) is 5.82 Å². The minimum absolute atomic E-state index is 0.0213. The zero-order chi connectivity index (χ0) is 13.1. The van der Waals surface area contributed by atoms with Gasteiger partial charge in [0.15, 0.2) is 5.78 Å². The SMILES string of the molecule is COc1ccc(F)cc1C(=O)Cn1cc(Cl)cn1. The Hall–Kier alpha value is -1.88. The van der Waals surface area contributed by atoms with E-state index in [1.807, 2.05) is 0 Å². The van der Waals surface area contributed by atoms with Crippen LogP contribution in [0.1, 0.15) is 10.4 Å². The van der Waals surface area contributed by atoms with Gasteiger partial charge in [0.1, 0.15) is 18.1 Å². The molecule has 0 radical (unpaired) electrons. The van der Waals surface area contributed by atoms with Crippen LogP contribution in [0.2, 0.25) is 5.02 Å². The van der Waals surface area contributed by atoms with Gasteiger partial charge in [0, 0.05) is 6.20 Å². The predicted molar refractivity (Wildman–Crippen MR) is 64.5 cm³/mol. The van der Waals surface area contributed by atoms with Gasteiger partial charge in [-0.3, -0.25) is 9.48 Å². The van der Waals surface area contributed by atoms with E-state index in [1.165, 1.54) is 36.3 Å². The van der Waals surface area contributed by atoms with Gasteiger partial charge in [0.25, 0.3) is 0 Å². The Balaban J connectivity index is 2.25. The first-order chi connectivity index (χ1) is 8.60. The van der Waals surface area contributed by atoms with E-state index in [9.17, 15) is 9.18 Å². The van der Waals surface area contributed by atoms with E-state index in [-0.39, 0.29) is 17.9 Å². The van der Waals surface area contributed by atoms with E-state index in [1.54, 1.807) is 0 Å². The fourth-order valence-corrected chi connectivity index (χ4v) is 1.71. The van der Waals surface area contributed by atoms with Crippen molar-refractivity contribution >= 4 is 17.4 Å². The zero-order valence-corrected chi connectivity index (χ0v) is 10.3. The topological polar surface area (TPSA) is 44.1 Å². The monoisotopic (exact) mass is 268 g/mol. The summed E-state index contributed by atoms with van der Waals surface area (Å²) in [5.41, 5.74) is 0.184. The number of ether oxygens (including phenoxy) is 1. The maximum Gasteiger partial charge on any atom is 0.188 e. The normalized spacial score (nSPS) is 10.4. The highest BCUT2D eigenvalue weighted by Gasteiger charge is 2.14. The highest BCUT2D eigenvalue weighted by atomic mass is 35.5. The summed E-state index contributed by atoms with van der Waals surface area (Å²) < 4.78 is 19.5. The minimum Gasteiger partial charge on any atom is -0.496 e. The lowest BCUT2D eigenvalue weighted by Gasteiger charge is -2.07. The molecule has 1 heterocycles.